The predicted molar refractivity (Wildman–Crippen MR) is 114 cm³/mol. The van der Waals surface area contributed by atoms with Crippen LogP contribution >= 0.6 is 0 Å². The van der Waals surface area contributed by atoms with Gasteiger partial charge in [0.1, 0.15) is 0 Å². The number of hydrogen-bond acceptors (Lipinski definition) is 5. The summed E-state index contributed by atoms with van der Waals surface area (Å²) in [6.45, 7) is 4.48. The van der Waals surface area contributed by atoms with Crippen LogP contribution in [0.5, 0.6) is 0 Å². The van der Waals surface area contributed by atoms with Gasteiger partial charge in [0.05, 0.1) is 29.9 Å². The molecule has 1 aromatic heterocycles. The molecule has 1 aliphatic carbocycles. The van der Waals surface area contributed by atoms with Crippen LogP contribution in [0.25, 0.3) is 16.5 Å². The Hall–Kier alpha value is -2.67. The number of likely N-dealkylation sites (tertiary alicyclic amines) is 1. The number of H-pyrrole nitrogens is 1. The number of piperidine rings is 1. The summed E-state index contributed by atoms with van der Waals surface area (Å²) in [5.74, 6) is 1.43. The number of hydrogen-bond donors (Lipinski definition) is 3. The minimum Gasteiger partial charge on any atom is -0.353 e. The zero-order valence-corrected chi connectivity index (χ0v) is 16.3. The Morgan fingerprint density at radius 2 is 1.90 bits per heavy atom. The first-order valence-corrected chi connectivity index (χ1v) is 10.4. The predicted octanol–water partition coefficient (Wildman–Crippen LogP) is 1.23. The lowest BCUT2D eigenvalue weighted by molar-refractivity contribution is 0.151. The Bertz CT molecular complexity index is 1190. The van der Waals surface area contributed by atoms with Gasteiger partial charge in [-0.25, -0.2) is 0 Å². The smallest absolute Gasteiger partial charge is 0.0936 e. The number of aromatic nitrogens is 1. The molecule has 2 aliphatic heterocycles. The highest BCUT2D eigenvalue weighted by Crippen LogP contribution is 2.43. The van der Waals surface area contributed by atoms with Crippen LogP contribution in [0.4, 0.5) is 5.69 Å². The highest BCUT2D eigenvalue weighted by atomic mass is 16.6. The molecule has 29 heavy (non-hydrogen) atoms. The summed E-state index contributed by atoms with van der Waals surface area (Å²) in [6.07, 6.45) is 0. The van der Waals surface area contributed by atoms with Gasteiger partial charge in [-0.05, 0) is 24.0 Å². The maximum absolute atomic E-state index is 6.03. The summed E-state index contributed by atoms with van der Waals surface area (Å²) >= 11 is 0. The zero-order chi connectivity index (χ0) is 19.4. The Morgan fingerprint density at radius 3 is 2.79 bits per heavy atom. The molecule has 3 aromatic rings. The molecule has 0 spiro atoms. The third-order valence-corrected chi connectivity index (χ3v) is 6.66. The molecule has 3 atom stereocenters. The zero-order valence-electron chi connectivity index (χ0n) is 16.3. The molecule has 3 heterocycles. The van der Waals surface area contributed by atoms with E-state index in [4.69, 9.17) is 15.6 Å². The summed E-state index contributed by atoms with van der Waals surface area (Å²) < 4.78 is 0. The highest BCUT2D eigenvalue weighted by Gasteiger charge is 2.53. The molecule has 6 rings (SSSR count). The van der Waals surface area contributed by atoms with E-state index in [-0.39, 0.29) is 0 Å². The van der Waals surface area contributed by atoms with Crippen molar-refractivity contribution in [1.29, 1.82) is 0 Å². The van der Waals surface area contributed by atoms with Crippen molar-refractivity contribution < 1.29 is 4.84 Å². The molecule has 0 radical (unpaired) electrons. The first-order chi connectivity index (χ1) is 14.3. The highest BCUT2D eigenvalue weighted by molar-refractivity contribution is 5.99. The van der Waals surface area contributed by atoms with Gasteiger partial charge in [-0.15, -0.1) is 0 Å². The van der Waals surface area contributed by atoms with Gasteiger partial charge >= 0.3 is 0 Å². The van der Waals surface area contributed by atoms with Crippen molar-refractivity contribution >= 4 is 22.2 Å². The molecule has 1 saturated heterocycles. The minimum atomic E-state index is 0.441. The average molecular weight is 387 g/mol. The van der Waals surface area contributed by atoms with Crippen LogP contribution in [-0.4, -0.2) is 48.7 Å². The standard InChI is InChI=1S/C23H25N5O/c24-21-17-12-28(13-18(17)21)9-10-29-27-23-15-6-2-4-8-20(15)26-22(23)16-11-25-19-7-3-1-5-14(16)19/h1-8,17-18,21,26-27H,9-13,24H2/t17-,18+,21?. The van der Waals surface area contributed by atoms with Crippen molar-refractivity contribution in [1.82, 2.24) is 9.88 Å². The molecule has 2 fully saturated rings. The molecule has 148 valence electrons. The SMILES string of the molecule is NC1[C@H]2CN(CCONc3c(C4=c5ccccc5=NC4)[nH]c4ccccc34)C[C@@H]12. The maximum Gasteiger partial charge on any atom is 0.0936 e. The van der Waals surface area contributed by atoms with Gasteiger partial charge in [-0.2, -0.15) is 0 Å². The van der Waals surface area contributed by atoms with Gasteiger partial charge in [-0.3, -0.25) is 15.3 Å². The number of nitrogens with zero attached hydrogens (tertiary/aromatic N) is 2. The molecule has 0 amide bonds. The fraction of sp³-hybridized carbons (Fsp3) is 0.348. The van der Waals surface area contributed by atoms with Gasteiger partial charge in [0.2, 0.25) is 0 Å². The van der Waals surface area contributed by atoms with Crippen LogP contribution in [0.3, 0.4) is 0 Å². The number of benzene rings is 2. The fourth-order valence-corrected chi connectivity index (χ4v) is 4.94. The lowest BCUT2D eigenvalue weighted by Crippen LogP contribution is -2.31. The van der Waals surface area contributed by atoms with E-state index in [9.17, 15) is 0 Å². The van der Waals surface area contributed by atoms with Gasteiger partial charge in [0.25, 0.3) is 0 Å². The third-order valence-electron chi connectivity index (χ3n) is 6.66. The van der Waals surface area contributed by atoms with E-state index in [0.29, 0.717) is 31.0 Å². The largest absolute Gasteiger partial charge is 0.353 e. The Balaban J connectivity index is 1.24. The Morgan fingerprint density at radius 1 is 1.10 bits per heavy atom. The van der Waals surface area contributed by atoms with Crippen molar-refractivity contribution in [3.63, 3.8) is 0 Å². The molecular formula is C23H25N5O. The molecule has 6 heteroatoms. The van der Waals surface area contributed by atoms with Crippen LogP contribution in [0.1, 0.15) is 5.69 Å². The lowest BCUT2D eigenvalue weighted by atomic mass is 10.1. The van der Waals surface area contributed by atoms with E-state index < -0.39 is 0 Å². The normalized spacial score (nSPS) is 25.1. The van der Waals surface area contributed by atoms with E-state index in [1.165, 1.54) is 10.8 Å². The third kappa shape index (κ3) is 2.87. The summed E-state index contributed by atoms with van der Waals surface area (Å²) in [5, 5.41) is 3.38. The van der Waals surface area contributed by atoms with E-state index in [1.54, 1.807) is 0 Å². The second kappa shape index (κ2) is 6.69. The van der Waals surface area contributed by atoms with Crippen molar-refractivity contribution in [3.05, 3.63) is 64.8 Å². The summed E-state index contributed by atoms with van der Waals surface area (Å²) in [6, 6.07) is 17.1. The minimum absolute atomic E-state index is 0.441. The van der Waals surface area contributed by atoms with Gasteiger partial charge in [0.15, 0.2) is 0 Å². The molecular weight excluding hydrogens is 362 g/mol. The van der Waals surface area contributed by atoms with Crippen molar-refractivity contribution in [2.24, 2.45) is 22.6 Å². The van der Waals surface area contributed by atoms with Crippen LogP contribution < -0.4 is 21.8 Å². The number of aromatic amines is 1. The van der Waals surface area contributed by atoms with E-state index in [2.05, 4.69) is 51.8 Å². The van der Waals surface area contributed by atoms with Gasteiger partial charge < -0.3 is 15.6 Å². The number of nitrogens with two attached hydrogens (primary N) is 1. The van der Waals surface area contributed by atoms with Crippen molar-refractivity contribution in [2.75, 3.05) is 38.3 Å². The fourth-order valence-electron chi connectivity index (χ4n) is 4.94. The molecule has 0 bridgehead atoms. The quantitative estimate of drug-likeness (QED) is 0.439. The van der Waals surface area contributed by atoms with Crippen molar-refractivity contribution in [3.8, 4) is 0 Å². The first-order valence-electron chi connectivity index (χ1n) is 10.4. The number of para-hydroxylation sites is 2. The summed E-state index contributed by atoms with van der Waals surface area (Å²) in [4.78, 5) is 16.7. The number of nitrogens with one attached hydrogen (secondary N) is 2. The van der Waals surface area contributed by atoms with Crippen molar-refractivity contribution in [2.45, 2.75) is 6.04 Å². The van der Waals surface area contributed by atoms with Crippen LogP contribution in [0.15, 0.2) is 53.5 Å². The number of anilines is 1. The number of fused-ring (bicyclic) bond motifs is 3. The summed E-state index contributed by atoms with van der Waals surface area (Å²) in [5.41, 5.74) is 13.6. The first kappa shape index (κ1) is 17.2. The van der Waals surface area contributed by atoms with Gasteiger partial charge in [-0.1, -0.05) is 36.4 Å². The molecule has 4 N–H and O–H groups in total. The van der Waals surface area contributed by atoms with Gasteiger partial charge in [0, 0.05) is 47.4 Å². The lowest BCUT2D eigenvalue weighted by Gasteiger charge is -2.18. The molecule has 6 nitrogen and oxygen atoms in total. The van der Waals surface area contributed by atoms with E-state index in [1.807, 2.05) is 12.1 Å². The molecule has 1 unspecified atom stereocenters. The summed E-state index contributed by atoms with van der Waals surface area (Å²) in [7, 11) is 0. The monoisotopic (exact) mass is 387 g/mol. The van der Waals surface area contributed by atoms with Crippen LogP contribution in [-0.2, 0) is 4.84 Å². The second-order valence-electron chi connectivity index (χ2n) is 8.35. The van der Waals surface area contributed by atoms with Crippen LogP contribution in [0, 0.1) is 11.8 Å². The molecule has 2 aromatic carbocycles. The Labute approximate surface area is 169 Å². The topological polar surface area (TPSA) is 78.7 Å². The van der Waals surface area contributed by atoms with E-state index in [0.717, 1.165) is 47.3 Å². The molecule has 3 aliphatic rings. The van der Waals surface area contributed by atoms with Crippen LogP contribution in [0.2, 0.25) is 0 Å². The number of rotatable bonds is 6. The second-order valence-corrected chi connectivity index (χ2v) is 8.35. The maximum atomic E-state index is 6.03. The average Bonchev–Trinajstić information content (AvgIpc) is 3.20. The van der Waals surface area contributed by atoms with E-state index >= 15 is 0 Å². The Kier molecular flexibility index (Phi) is 3.97. The molecule has 1 saturated carbocycles.